The molecule has 0 saturated carbocycles. The molecule has 27 heavy (non-hydrogen) atoms. The molecule has 7 nitrogen and oxygen atoms in total. The lowest BCUT2D eigenvalue weighted by Gasteiger charge is -2.36. The van der Waals surface area contributed by atoms with Gasteiger partial charge in [-0.3, -0.25) is 9.69 Å². The van der Waals surface area contributed by atoms with E-state index < -0.39 is 13.0 Å². The number of aromatic nitrogens is 4. The number of rotatable bonds is 3. The number of alkyl halides is 2. The zero-order valence-corrected chi connectivity index (χ0v) is 15.5. The molecule has 146 valence electrons. The fourth-order valence-corrected chi connectivity index (χ4v) is 4.90. The van der Waals surface area contributed by atoms with Crippen LogP contribution in [0.25, 0.3) is 11.2 Å². The SMILES string of the molecule is Cl.O=C1N(c2cnc3cnn(CC(F)F)c3n2)CCC12CC1CCC(C2)N1. The zero-order chi connectivity index (χ0) is 17.9. The van der Waals surface area contributed by atoms with E-state index in [2.05, 4.69) is 20.4 Å². The summed E-state index contributed by atoms with van der Waals surface area (Å²) in [6.07, 6.45) is 5.28. The summed E-state index contributed by atoms with van der Waals surface area (Å²) in [5, 5.41) is 7.52. The summed E-state index contributed by atoms with van der Waals surface area (Å²) in [6.45, 7) is 0.0655. The first-order valence-electron chi connectivity index (χ1n) is 9.09. The molecule has 3 aliphatic rings. The molecule has 1 spiro atoms. The molecule has 5 rings (SSSR count). The Balaban J connectivity index is 0.00000180. The van der Waals surface area contributed by atoms with Gasteiger partial charge >= 0.3 is 0 Å². The van der Waals surface area contributed by atoms with Crippen molar-refractivity contribution in [1.82, 2.24) is 25.1 Å². The average molecular weight is 399 g/mol. The van der Waals surface area contributed by atoms with Crippen LogP contribution in [0.5, 0.6) is 0 Å². The summed E-state index contributed by atoms with van der Waals surface area (Å²) in [5.74, 6) is 0.533. The number of piperidine rings is 1. The van der Waals surface area contributed by atoms with Crippen LogP contribution < -0.4 is 10.2 Å². The standard InChI is InChI=1S/C17H20F2N6O.ClH/c18-13(19)9-25-15-12(7-21-25)20-8-14(23-15)24-4-3-17(16(24)26)5-10-1-2-11(6-17)22-10;/h7-8,10-11,13,22H,1-6,9H2;1H. The molecule has 0 radical (unpaired) electrons. The van der Waals surface area contributed by atoms with Crippen LogP contribution in [0.3, 0.4) is 0 Å². The second kappa shape index (κ2) is 6.63. The molecule has 5 heterocycles. The van der Waals surface area contributed by atoms with E-state index >= 15 is 0 Å². The fourth-order valence-electron chi connectivity index (χ4n) is 4.90. The molecule has 2 bridgehead atoms. The van der Waals surface area contributed by atoms with Crippen LogP contribution in [0.2, 0.25) is 0 Å². The summed E-state index contributed by atoms with van der Waals surface area (Å²) < 4.78 is 26.6. The van der Waals surface area contributed by atoms with Gasteiger partial charge in [-0.15, -0.1) is 12.4 Å². The van der Waals surface area contributed by atoms with Gasteiger partial charge in [-0.1, -0.05) is 0 Å². The van der Waals surface area contributed by atoms with Crippen molar-refractivity contribution in [2.24, 2.45) is 5.41 Å². The number of nitrogens with zero attached hydrogens (tertiary/aromatic N) is 5. The van der Waals surface area contributed by atoms with Crippen LogP contribution >= 0.6 is 12.4 Å². The molecule has 1 N–H and O–H groups in total. The molecule has 2 unspecified atom stereocenters. The Hall–Kier alpha value is -1.87. The second-order valence-corrected chi connectivity index (χ2v) is 7.69. The van der Waals surface area contributed by atoms with E-state index in [-0.39, 0.29) is 23.7 Å². The third kappa shape index (κ3) is 2.97. The maximum absolute atomic E-state index is 13.2. The highest BCUT2D eigenvalue weighted by molar-refractivity contribution is 5.99. The van der Waals surface area contributed by atoms with Crippen molar-refractivity contribution in [2.45, 2.75) is 57.2 Å². The van der Waals surface area contributed by atoms with Gasteiger partial charge in [0.15, 0.2) is 11.5 Å². The van der Waals surface area contributed by atoms with Gasteiger partial charge < -0.3 is 5.32 Å². The van der Waals surface area contributed by atoms with Crippen LogP contribution in [0.15, 0.2) is 12.4 Å². The minimum Gasteiger partial charge on any atom is -0.311 e. The quantitative estimate of drug-likeness (QED) is 0.857. The average Bonchev–Trinajstić information content (AvgIpc) is 3.25. The second-order valence-electron chi connectivity index (χ2n) is 7.69. The molecule has 3 aliphatic heterocycles. The Bertz CT molecular complexity index is 862. The summed E-state index contributed by atoms with van der Waals surface area (Å²) in [5.41, 5.74) is 0.439. The Morgan fingerprint density at radius 2 is 2.00 bits per heavy atom. The Labute approximate surface area is 160 Å². The van der Waals surface area contributed by atoms with Gasteiger partial charge in [0.2, 0.25) is 5.91 Å². The maximum Gasteiger partial charge on any atom is 0.258 e. The highest BCUT2D eigenvalue weighted by Gasteiger charge is 2.53. The summed E-state index contributed by atoms with van der Waals surface area (Å²) in [4.78, 5) is 23.6. The van der Waals surface area contributed by atoms with E-state index in [1.807, 2.05) is 0 Å². The van der Waals surface area contributed by atoms with Gasteiger partial charge in [-0.25, -0.2) is 23.4 Å². The van der Waals surface area contributed by atoms with Gasteiger partial charge in [-0.05, 0) is 32.1 Å². The van der Waals surface area contributed by atoms with Crippen LogP contribution in [0, 0.1) is 5.41 Å². The molecule has 3 fully saturated rings. The zero-order valence-electron chi connectivity index (χ0n) is 14.6. The van der Waals surface area contributed by atoms with Crippen LogP contribution in [-0.2, 0) is 11.3 Å². The van der Waals surface area contributed by atoms with Gasteiger partial charge in [0.25, 0.3) is 6.43 Å². The van der Waals surface area contributed by atoms with Crippen molar-refractivity contribution in [3.8, 4) is 0 Å². The van der Waals surface area contributed by atoms with Crippen molar-refractivity contribution in [1.29, 1.82) is 0 Å². The number of carbonyl (C=O) groups excluding carboxylic acids is 1. The van der Waals surface area contributed by atoms with Gasteiger partial charge in [-0.2, -0.15) is 5.10 Å². The number of fused-ring (bicyclic) bond motifs is 3. The van der Waals surface area contributed by atoms with Crippen molar-refractivity contribution in [3.63, 3.8) is 0 Å². The molecular weight excluding hydrogens is 378 g/mol. The Kier molecular flexibility index (Phi) is 4.54. The molecule has 2 atom stereocenters. The number of carbonyl (C=O) groups is 1. The summed E-state index contributed by atoms with van der Waals surface area (Å²) in [6, 6.07) is 0.859. The van der Waals surface area contributed by atoms with E-state index in [1.54, 1.807) is 11.1 Å². The summed E-state index contributed by atoms with van der Waals surface area (Å²) in [7, 11) is 0. The number of amides is 1. The van der Waals surface area contributed by atoms with Crippen LogP contribution in [0.4, 0.5) is 14.6 Å². The lowest BCUT2D eigenvalue weighted by molar-refractivity contribution is -0.127. The molecule has 0 aromatic carbocycles. The van der Waals surface area contributed by atoms with Crippen LogP contribution in [0.1, 0.15) is 32.1 Å². The van der Waals surface area contributed by atoms with Crippen LogP contribution in [-0.4, -0.2) is 50.7 Å². The maximum atomic E-state index is 13.2. The predicted molar refractivity (Wildman–Crippen MR) is 97.2 cm³/mol. The van der Waals surface area contributed by atoms with E-state index in [0.29, 0.717) is 35.6 Å². The first-order chi connectivity index (χ1) is 12.5. The van der Waals surface area contributed by atoms with Crippen molar-refractivity contribution >= 4 is 35.3 Å². The van der Waals surface area contributed by atoms with Crippen molar-refractivity contribution in [3.05, 3.63) is 12.4 Å². The first-order valence-corrected chi connectivity index (χ1v) is 9.09. The Morgan fingerprint density at radius 3 is 2.70 bits per heavy atom. The van der Waals surface area contributed by atoms with E-state index in [9.17, 15) is 13.6 Å². The van der Waals surface area contributed by atoms with Gasteiger partial charge in [0.1, 0.15) is 12.1 Å². The topological polar surface area (TPSA) is 75.9 Å². The van der Waals surface area contributed by atoms with E-state index in [0.717, 1.165) is 36.8 Å². The number of nitrogens with one attached hydrogen (secondary N) is 1. The third-order valence-electron chi connectivity index (χ3n) is 6.04. The molecule has 2 aromatic rings. The lowest BCUT2D eigenvalue weighted by Crippen LogP contribution is -2.48. The van der Waals surface area contributed by atoms with Crippen molar-refractivity contribution in [2.75, 3.05) is 11.4 Å². The molecule has 0 aliphatic carbocycles. The van der Waals surface area contributed by atoms with Gasteiger partial charge in [0.05, 0.1) is 17.8 Å². The van der Waals surface area contributed by atoms with Gasteiger partial charge in [0, 0.05) is 18.6 Å². The van der Waals surface area contributed by atoms with E-state index in [4.69, 9.17) is 0 Å². The monoisotopic (exact) mass is 398 g/mol. The molecule has 2 aromatic heterocycles. The number of hydrogen-bond donors (Lipinski definition) is 1. The third-order valence-corrected chi connectivity index (χ3v) is 6.04. The smallest absolute Gasteiger partial charge is 0.258 e. The molecular formula is C17H21ClF2N6O. The largest absolute Gasteiger partial charge is 0.311 e. The number of hydrogen-bond acceptors (Lipinski definition) is 5. The molecule has 10 heteroatoms. The minimum atomic E-state index is -2.52. The molecule has 1 amide bonds. The highest BCUT2D eigenvalue weighted by atomic mass is 35.5. The first kappa shape index (κ1) is 18.5. The molecule has 3 saturated heterocycles. The number of halogens is 3. The lowest BCUT2D eigenvalue weighted by atomic mass is 9.74. The predicted octanol–water partition coefficient (Wildman–Crippen LogP) is 2.15. The highest BCUT2D eigenvalue weighted by Crippen LogP contribution is 2.47. The summed E-state index contributed by atoms with van der Waals surface area (Å²) >= 11 is 0. The fraction of sp³-hybridized carbons (Fsp3) is 0.647. The Morgan fingerprint density at radius 1 is 1.26 bits per heavy atom. The number of anilines is 1. The minimum absolute atomic E-state index is 0. The normalized spacial score (nSPS) is 29.9. The van der Waals surface area contributed by atoms with Crippen molar-refractivity contribution < 1.29 is 13.6 Å². The van der Waals surface area contributed by atoms with E-state index in [1.165, 1.54) is 6.20 Å².